The van der Waals surface area contributed by atoms with Gasteiger partial charge in [0.15, 0.2) is 11.5 Å². The number of carbonyl (C=O) groups is 2. The first-order chi connectivity index (χ1) is 11.3. The number of alkyl halides is 3. The molecule has 11 heteroatoms. The maximum absolute atomic E-state index is 12.8. The van der Waals surface area contributed by atoms with Gasteiger partial charge in [-0.25, -0.2) is 0 Å². The van der Waals surface area contributed by atoms with Gasteiger partial charge in [-0.2, -0.15) is 13.2 Å². The lowest BCUT2D eigenvalue weighted by molar-refractivity contribution is -0.137. The van der Waals surface area contributed by atoms with Crippen LogP contribution < -0.4 is 5.32 Å². The van der Waals surface area contributed by atoms with Gasteiger partial charge in [-0.15, -0.1) is 10.2 Å². The SMILES string of the molecule is O=C(CN1CCSC1=O)NCc1nnc2ccc(C(F)(F)F)cn12. The molecule has 2 aromatic heterocycles. The highest BCUT2D eigenvalue weighted by Crippen LogP contribution is 2.29. The highest BCUT2D eigenvalue weighted by atomic mass is 32.2. The molecule has 3 heterocycles. The Labute approximate surface area is 138 Å². The molecule has 1 aliphatic heterocycles. The molecule has 24 heavy (non-hydrogen) atoms. The number of aromatic nitrogens is 3. The molecule has 1 N–H and O–H groups in total. The maximum Gasteiger partial charge on any atom is 0.417 e. The molecule has 0 saturated carbocycles. The summed E-state index contributed by atoms with van der Waals surface area (Å²) >= 11 is 1.14. The fraction of sp³-hybridized carbons (Fsp3) is 0.385. The Morgan fingerprint density at radius 1 is 1.33 bits per heavy atom. The minimum atomic E-state index is -4.48. The zero-order valence-electron chi connectivity index (χ0n) is 12.2. The van der Waals surface area contributed by atoms with E-state index < -0.39 is 17.6 Å². The van der Waals surface area contributed by atoms with Crippen molar-refractivity contribution >= 4 is 28.6 Å². The minimum Gasteiger partial charge on any atom is -0.347 e. The van der Waals surface area contributed by atoms with E-state index in [0.717, 1.165) is 24.0 Å². The number of fused-ring (bicyclic) bond motifs is 1. The first-order valence-corrected chi connectivity index (χ1v) is 7.92. The third-order valence-electron chi connectivity index (χ3n) is 3.42. The van der Waals surface area contributed by atoms with Gasteiger partial charge < -0.3 is 10.2 Å². The van der Waals surface area contributed by atoms with E-state index in [9.17, 15) is 22.8 Å². The number of carbonyl (C=O) groups excluding carboxylic acids is 2. The number of rotatable bonds is 4. The third kappa shape index (κ3) is 3.45. The topological polar surface area (TPSA) is 79.6 Å². The zero-order chi connectivity index (χ0) is 17.3. The van der Waals surface area contributed by atoms with Crippen molar-refractivity contribution in [1.29, 1.82) is 0 Å². The van der Waals surface area contributed by atoms with Crippen molar-refractivity contribution in [1.82, 2.24) is 24.8 Å². The molecule has 0 aliphatic carbocycles. The number of nitrogens with one attached hydrogen (secondary N) is 1. The maximum atomic E-state index is 12.8. The summed E-state index contributed by atoms with van der Waals surface area (Å²) < 4.78 is 39.5. The van der Waals surface area contributed by atoms with Crippen LogP contribution in [0.2, 0.25) is 0 Å². The predicted octanol–water partition coefficient (Wildman–Crippen LogP) is 1.53. The molecule has 0 radical (unpaired) electrons. The number of thioether (sulfide) groups is 1. The highest BCUT2D eigenvalue weighted by Gasteiger charge is 2.31. The highest BCUT2D eigenvalue weighted by molar-refractivity contribution is 8.13. The lowest BCUT2D eigenvalue weighted by atomic mass is 10.3. The van der Waals surface area contributed by atoms with E-state index in [0.29, 0.717) is 12.3 Å². The number of pyridine rings is 1. The lowest BCUT2D eigenvalue weighted by Gasteiger charge is -2.13. The molecule has 0 unspecified atom stereocenters. The van der Waals surface area contributed by atoms with Gasteiger partial charge >= 0.3 is 6.18 Å². The van der Waals surface area contributed by atoms with E-state index in [1.165, 1.54) is 15.4 Å². The third-order valence-corrected chi connectivity index (χ3v) is 4.32. The molecule has 1 saturated heterocycles. The Morgan fingerprint density at radius 2 is 2.12 bits per heavy atom. The average Bonchev–Trinajstić information content (AvgIpc) is 3.10. The van der Waals surface area contributed by atoms with E-state index in [2.05, 4.69) is 15.5 Å². The molecule has 2 aromatic rings. The van der Waals surface area contributed by atoms with Crippen LogP contribution in [0.4, 0.5) is 18.0 Å². The summed E-state index contributed by atoms with van der Waals surface area (Å²) in [6.07, 6.45) is -3.59. The second kappa shape index (κ2) is 6.30. The van der Waals surface area contributed by atoms with Crippen LogP contribution in [-0.4, -0.2) is 49.5 Å². The van der Waals surface area contributed by atoms with Crippen molar-refractivity contribution < 1.29 is 22.8 Å². The van der Waals surface area contributed by atoms with Crippen LogP contribution in [0.25, 0.3) is 5.65 Å². The van der Waals surface area contributed by atoms with Crippen molar-refractivity contribution in [3.63, 3.8) is 0 Å². The van der Waals surface area contributed by atoms with Gasteiger partial charge in [0.05, 0.1) is 12.1 Å². The summed E-state index contributed by atoms with van der Waals surface area (Å²) in [5, 5.41) is 9.92. The minimum absolute atomic E-state index is 0.0868. The van der Waals surface area contributed by atoms with Gasteiger partial charge in [-0.1, -0.05) is 11.8 Å². The van der Waals surface area contributed by atoms with Crippen LogP contribution in [0.15, 0.2) is 18.3 Å². The molecule has 2 amide bonds. The summed E-state index contributed by atoms with van der Waals surface area (Å²) in [7, 11) is 0. The second-order valence-electron chi connectivity index (χ2n) is 5.07. The van der Waals surface area contributed by atoms with Crippen LogP contribution in [0, 0.1) is 0 Å². The summed E-state index contributed by atoms with van der Waals surface area (Å²) in [6.45, 7) is 0.326. The number of hydrogen-bond donors (Lipinski definition) is 1. The molecule has 1 aliphatic rings. The Hall–Kier alpha value is -2.30. The van der Waals surface area contributed by atoms with Crippen molar-refractivity contribution in [2.45, 2.75) is 12.7 Å². The normalized spacial score (nSPS) is 15.3. The summed E-state index contributed by atoms with van der Waals surface area (Å²) in [5.74, 6) is 0.405. The average molecular weight is 359 g/mol. The monoisotopic (exact) mass is 359 g/mol. The van der Waals surface area contributed by atoms with Gasteiger partial charge in [0.25, 0.3) is 5.24 Å². The van der Waals surface area contributed by atoms with E-state index >= 15 is 0 Å². The number of nitrogens with zero attached hydrogens (tertiary/aromatic N) is 4. The van der Waals surface area contributed by atoms with Crippen LogP contribution in [0.1, 0.15) is 11.4 Å². The van der Waals surface area contributed by atoms with E-state index in [1.807, 2.05) is 0 Å². The molecule has 0 spiro atoms. The molecule has 0 aromatic carbocycles. The number of amides is 2. The number of halogens is 3. The van der Waals surface area contributed by atoms with Crippen molar-refractivity contribution in [2.24, 2.45) is 0 Å². The smallest absolute Gasteiger partial charge is 0.347 e. The van der Waals surface area contributed by atoms with Gasteiger partial charge in [-0.3, -0.25) is 14.0 Å². The molecule has 7 nitrogen and oxygen atoms in total. The fourth-order valence-corrected chi connectivity index (χ4v) is 3.03. The molecule has 128 valence electrons. The van der Waals surface area contributed by atoms with Crippen LogP contribution in [0.5, 0.6) is 0 Å². The fourth-order valence-electron chi connectivity index (χ4n) is 2.20. The summed E-state index contributed by atoms with van der Waals surface area (Å²) in [4.78, 5) is 24.7. The standard InChI is InChI=1S/C13H12F3N5O2S/c14-13(15,16)8-1-2-9-18-19-10(21(9)6-8)5-17-11(22)7-20-3-4-24-12(20)23/h1-2,6H,3-5,7H2,(H,17,22). The molecule has 0 bridgehead atoms. The van der Waals surface area contributed by atoms with Crippen molar-refractivity contribution in [2.75, 3.05) is 18.8 Å². The van der Waals surface area contributed by atoms with Crippen LogP contribution in [-0.2, 0) is 17.5 Å². The molecule has 1 fully saturated rings. The van der Waals surface area contributed by atoms with Gasteiger partial charge in [0.2, 0.25) is 5.91 Å². The molecule has 0 atom stereocenters. The first kappa shape index (κ1) is 16.6. The van der Waals surface area contributed by atoms with E-state index in [-0.39, 0.29) is 29.8 Å². The summed E-state index contributed by atoms with van der Waals surface area (Å²) in [5.41, 5.74) is -0.583. The van der Waals surface area contributed by atoms with Crippen LogP contribution >= 0.6 is 11.8 Å². The Kier molecular flexibility index (Phi) is 4.35. The zero-order valence-corrected chi connectivity index (χ0v) is 13.0. The second-order valence-corrected chi connectivity index (χ2v) is 6.12. The van der Waals surface area contributed by atoms with Crippen LogP contribution in [0.3, 0.4) is 0 Å². The van der Waals surface area contributed by atoms with Gasteiger partial charge in [0.1, 0.15) is 6.54 Å². The van der Waals surface area contributed by atoms with Crippen molar-refractivity contribution in [3.8, 4) is 0 Å². The predicted molar refractivity (Wildman–Crippen MR) is 79.3 cm³/mol. The molecular weight excluding hydrogens is 347 g/mol. The lowest BCUT2D eigenvalue weighted by Crippen LogP contribution is -2.37. The molecular formula is C13H12F3N5O2S. The summed E-state index contributed by atoms with van der Waals surface area (Å²) in [6, 6.07) is 2.13. The van der Waals surface area contributed by atoms with E-state index in [4.69, 9.17) is 0 Å². The largest absolute Gasteiger partial charge is 0.417 e. The van der Waals surface area contributed by atoms with Gasteiger partial charge in [0, 0.05) is 18.5 Å². The number of hydrogen-bond acceptors (Lipinski definition) is 5. The molecule has 3 rings (SSSR count). The first-order valence-electron chi connectivity index (χ1n) is 6.94. The Morgan fingerprint density at radius 3 is 2.79 bits per heavy atom. The van der Waals surface area contributed by atoms with E-state index in [1.54, 1.807) is 0 Å². The Balaban J connectivity index is 1.68. The Bertz CT molecular complexity index is 791. The quantitative estimate of drug-likeness (QED) is 0.896. The van der Waals surface area contributed by atoms with Gasteiger partial charge in [-0.05, 0) is 12.1 Å². The van der Waals surface area contributed by atoms with Crippen molar-refractivity contribution in [3.05, 3.63) is 29.7 Å².